The Hall–Kier alpha value is -2.93. The number of hydrogen-bond donors (Lipinski definition) is 1. The highest BCUT2D eigenvalue weighted by Crippen LogP contribution is 2.34. The van der Waals surface area contributed by atoms with Crippen molar-refractivity contribution in [2.75, 3.05) is 26.7 Å². The third-order valence-electron chi connectivity index (χ3n) is 6.16. The number of carbonyl (C=O) groups is 1. The molecule has 0 aliphatic carbocycles. The van der Waals surface area contributed by atoms with Crippen LogP contribution in [0.15, 0.2) is 47.6 Å². The molecule has 1 aliphatic rings. The summed E-state index contributed by atoms with van der Waals surface area (Å²) in [6.07, 6.45) is 3.05. The van der Waals surface area contributed by atoms with Gasteiger partial charge in [0.05, 0.1) is 19.6 Å². The minimum absolute atomic E-state index is 0.0283. The Morgan fingerprint density at radius 1 is 1.25 bits per heavy atom. The van der Waals surface area contributed by atoms with Gasteiger partial charge in [0.2, 0.25) is 15.9 Å². The van der Waals surface area contributed by atoms with E-state index in [0.29, 0.717) is 5.56 Å². The average molecular weight is 514 g/mol. The number of benzene rings is 1. The van der Waals surface area contributed by atoms with Crippen LogP contribution in [0.5, 0.6) is 5.75 Å². The number of sulfonamides is 1. The molecule has 194 valence electrons. The summed E-state index contributed by atoms with van der Waals surface area (Å²) in [5.74, 6) is 6.17. The number of carbonyl (C=O) groups excluding carboxylic acids is 1. The van der Waals surface area contributed by atoms with Crippen molar-refractivity contribution in [2.24, 2.45) is 11.8 Å². The van der Waals surface area contributed by atoms with Gasteiger partial charge in [-0.05, 0) is 42.8 Å². The molecular weight excluding hydrogens is 478 g/mol. The van der Waals surface area contributed by atoms with Crippen molar-refractivity contribution in [2.45, 2.75) is 51.2 Å². The lowest BCUT2D eigenvalue weighted by molar-refractivity contribution is -0.130. The summed E-state index contributed by atoms with van der Waals surface area (Å²) >= 11 is 0. The number of nitrogens with zero attached hydrogens (tertiary/aromatic N) is 3. The number of aliphatic hydroxyl groups is 1. The maximum absolute atomic E-state index is 13.6. The normalized spacial score (nSPS) is 20.2. The van der Waals surface area contributed by atoms with Gasteiger partial charge in [0, 0.05) is 49.4 Å². The van der Waals surface area contributed by atoms with E-state index in [1.807, 2.05) is 20.8 Å². The van der Waals surface area contributed by atoms with Crippen LogP contribution in [-0.2, 0) is 21.2 Å². The Morgan fingerprint density at radius 3 is 2.58 bits per heavy atom. The molecule has 2 aromatic rings. The fourth-order valence-corrected chi connectivity index (χ4v) is 5.76. The van der Waals surface area contributed by atoms with Crippen LogP contribution >= 0.6 is 0 Å². The van der Waals surface area contributed by atoms with Crippen molar-refractivity contribution in [3.63, 3.8) is 0 Å². The smallest absolute Gasteiger partial charge is 0.247 e. The predicted octanol–water partition coefficient (Wildman–Crippen LogP) is 2.56. The zero-order valence-corrected chi connectivity index (χ0v) is 22.3. The van der Waals surface area contributed by atoms with E-state index in [2.05, 4.69) is 16.8 Å². The van der Waals surface area contributed by atoms with Crippen molar-refractivity contribution in [1.82, 2.24) is 14.2 Å². The molecule has 0 radical (unpaired) electrons. The minimum Gasteiger partial charge on any atom is -0.487 e. The second-order valence-corrected chi connectivity index (χ2v) is 11.5. The van der Waals surface area contributed by atoms with Gasteiger partial charge in [-0.25, -0.2) is 8.42 Å². The quantitative estimate of drug-likeness (QED) is 0.596. The number of likely N-dealkylation sites (N-methyl/N-ethyl adjacent to an activating group) is 1. The summed E-state index contributed by atoms with van der Waals surface area (Å²) in [4.78, 5) is 18.5. The van der Waals surface area contributed by atoms with Gasteiger partial charge in [0.1, 0.15) is 16.7 Å². The van der Waals surface area contributed by atoms with Crippen molar-refractivity contribution in [3.05, 3.63) is 53.9 Å². The second kappa shape index (κ2) is 11.9. The van der Waals surface area contributed by atoms with Crippen molar-refractivity contribution >= 4 is 15.9 Å². The van der Waals surface area contributed by atoms with Gasteiger partial charge in [-0.1, -0.05) is 32.6 Å². The van der Waals surface area contributed by atoms with Gasteiger partial charge >= 0.3 is 0 Å². The molecule has 8 nitrogen and oxygen atoms in total. The number of ether oxygens (including phenoxy) is 1. The van der Waals surface area contributed by atoms with Crippen LogP contribution in [0.4, 0.5) is 0 Å². The highest BCUT2D eigenvalue weighted by Gasteiger charge is 2.38. The lowest BCUT2D eigenvalue weighted by Gasteiger charge is -2.37. The highest BCUT2D eigenvalue weighted by molar-refractivity contribution is 7.89. The molecule has 0 fully saturated rings. The van der Waals surface area contributed by atoms with Crippen LogP contribution in [0.25, 0.3) is 0 Å². The molecular formula is C27H35N3O5S. The fraction of sp³-hybridized carbons (Fsp3) is 0.481. The molecule has 0 spiro atoms. The van der Waals surface area contributed by atoms with E-state index in [1.54, 1.807) is 55.5 Å². The lowest BCUT2D eigenvalue weighted by Crippen LogP contribution is -2.50. The van der Waals surface area contributed by atoms with Crippen LogP contribution in [0.3, 0.4) is 0 Å². The van der Waals surface area contributed by atoms with Crippen molar-refractivity contribution < 1.29 is 23.1 Å². The maximum Gasteiger partial charge on any atom is 0.247 e. The topological polar surface area (TPSA) is 100 Å². The van der Waals surface area contributed by atoms with Crippen molar-refractivity contribution in [3.8, 4) is 17.6 Å². The first-order valence-corrected chi connectivity index (χ1v) is 13.5. The molecule has 1 aliphatic heterocycles. The number of hydrogen-bond acceptors (Lipinski definition) is 6. The van der Waals surface area contributed by atoms with Gasteiger partial charge in [-0.3, -0.25) is 9.78 Å². The van der Waals surface area contributed by atoms with E-state index in [4.69, 9.17) is 4.74 Å². The Morgan fingerprint density at radius 2 is 1.94 bits per heavy atom. The number of amides is 1. The highest BCUT2D eigenvalue weighted by atomic mass is 32.2. The first-order valence-electron chi connectivity index (χ1n) is 12.1. The number of rotatable bonds is 6. The van der Waals surface area contributed by atoms with Gasteiger partial charge in [0.15, 0.2) is 0 Å². The summed E-state index contributed by atoms with van der Waals surface area (Å²) in [7, 11) is -2.21. The molecule has 0 saturated carbocycles. The molecule has 3 rings (SSSR count). The van der Waals surface area contributed by atoms with Crippen LogP contribution in [0, 0.1) is 23.7 Å². The first kappa shape index (κ1) is 27.7. The second-order valence-electron chi connectivity index (χ2n) is 9.63. The van der Waals surface area contributed by atoms with Crippen LogP contribution < -0.4 is 4.74 Å². The first-order chi connectivity index (χ1) is 17.0. The summed E-state index contributed by atoms with van der Waals surface area (Å²) in [6.45, 7) is 7.64. The summed E-state index contributed by atoms with van der Waals surface area (Å²) in [5.41, 5.74) is 1.51. The Bertz CT molecular complexity index is 1220. The minimum atomic E-state index is -3.93. The van der Waals surface area contributed by atoms with E-state index in [1.165, 1.54) is 10.4 Å². The monoisotopic (exact) mass is 513 g/mol. The molecule has 0 saturated heterocycles. The van der Waals surface area contributed by atoms with Crippen LogP contribution in [-0.4, -0.2) is 72.5 Å². The SMILES string of the molecule is CC(C)C#Cc1ccc2c(c1)O[C@@H](CN(C)C(=O)Cc1ccncc1)[C@H](C)CN([C@@H](C)CO)S2(=O)=O. The van der Waals surface area contributed by atoms with Gasteiger partial charge in [-0.15, -0.1) is 0 Å². The largest absolute Gasteiger partial charge is 0.487 e. The van der Waals surface area contributed by atoms with Crippen LogP contribution in [0.2, 0.25) is 0 Å². The zero-order chi connectivity index (χ0) is 26.5. The van der Waals surface area contributed by atoms with E-state index < -0.39 is 22.2 Å². The predicted molar refractivity (Wildman–Crippen MR) is 138 cm³/mol. The molecule has 9 heteroatoms. The van der Waals surface area contributed by atoms with E-state index in [-0.39, 0.29) is 54.5 Å². The number of aliphatic hydroxyl groups excluding tert-OH is 1. The van der Waals surface area contributed by atoms with Gasteiger partial charge in [0.25, 0.3) is 0 Å². The third-order valence-corrected chi connectivity index (χ3v) is 8.18. The summed E-state index contributed by atoms with van der Waals surface area (Å²) in [5, 5.41) is 9.79. The van der Waals surface area contributed by atoms with E-state index >= 15 is 0 Å². The summed E-state index contributed by atoms with van der Waals surface area (Å²) < 4.78 is 34.8. The molecule has 1 N–H and O–H groups in total. The van der Waals surface area contributed by atoms with Gasteiger partial charge in [-0.2, -0.15) is 4.31 Å². The molecule has 0 bridgehead atoms. The molecule has 1 aromatic heterocycles. The Labute approximate surface area is 214 Å². The third kappa shape index (κ3) is 6.64. The standard InChI is InChI=1S/C27H35N3O5S/c1-19(2)6-7-22-8-9-26-24(14-22)35-25(20(3)16-30(21(4)18-31)36(26,33)34)17-29(5)27(32)15-23-10-12-28-13-11-23/h8-14,19-21,25,31H,15-18H2,1-5H3/t20-,21+,25+/m1/s1. The summed E-state index contributed by atoms with van der Waals surface area (Å²) in [6, 6.07) is 7.81. The molecule has 1 aromatic carbocycles. The van der Waals surface area contributed by atoms with Gasteiger partial charge < -0.3 is 14.7 Å². The maximum atomic E-state index is 13.6. The Balaban J connectivity index is 1.96. The lowest BCUT2D eigenvalue weighted by atomic mass is 10.0. The zero-order valence-electron chi connectivity index (χ0n) is 21.5. The molecule has 2 heterocycles. The number of aromatic nitrogens is 1. The number of pyridine rings is 1. The van der Waals surface area contributed by atoms with Crippen LogP contribution in [0.1, 0.15) is 38.8 Å². The fourth-order valence-electron chi connectivity index (χ4n) is 3.93. The van der Waals surface area contributed by atoms with Crippen molar-refractivity contribution in [1.29, 1.82) is 0 Å². The molecule has 0 unspecified atom stereocenters. The molecule has 1 amide bonds. The number of fused-ring (bicyclic) bond motifs is 1. The average Bonchev–Trinajstić information content (AvgIpc) is 2.84. The molecule has 36 heavy (non-hydrogen) atoms. The Kier molecular flexibility index (Phi) is 9.12. The van der Waals surface area contributed by atoms with E-state index in [0.717, 1.165) is 5.56 Å². The molecule has 3 atom stereocenters. The van der Waals surface area contributed by atoms with E-state index in [9.17, 15) is 18.3 Å².